The summed E-state index contributed by atoms with van der Waals surface area (Å²) in [6, 6.07) is 25.9. The first-order valence-corrected chi connectivity index (χ1v) is 8.97. The third-order valence-corrected chi connectivity index (χ3v) is 5.77. The largest absolute Gasteiger partial charge is 0.399 e. The number of hydrogen-bond acceptors (Lipinski definition) is 1. The second kappa shape index (κ2) is 5.49. The summed E-state index contributed by atoms with van der Waals surface area (Å²) in [7, 11) is 0. The van der Waals surface area contributed by atoms with Gasteiger partial charge >= 0.3 is 0 Å². The summed E-state index contributed by atoms with van der Waals surface area (Å²) in [5.74, 6) is 0. The predicted octanol–water partition coefficient (Wildman–Crippen LogP) is 5.92. The average Bonchev–Trinajstić information content (AvgIpc) is 2.83. The molecule has 0 bridgehead atoms. The smallest absolute Gasteiger partial charge is 0.0317 e. The van der Waals surface area contributed by atoms with Crippen LogP contribution in [0, 0.1) is 0 Å². The van der Waals surface area contributed by atoms with Gasteiger partial charge in [-0.15, -0.1) is 0 Å². The van der Waals surface area contributed by atoms with Gasteiger partial charge in [0.2, 0.25) is 0 Å². The fraction of sp³-hybridized carbons (Fsp3) is 0.250. The van der Waals surface area contributed by atoms with Gasteiger partial charge in [0.25, 0.3) is 0 Å². The summed E-state index contributed by atoms with van der Waals surface area (Å²) in [6.45, 7) is 7.08. The molecule has 1 aliphatic rings. The number of fused-ring (bicyclic) bond motifs is 1. The predicted molar refractivity (Wildman–Crippen MR) is 107 cm³/mol. The van der Waals surface area contributed by atoms with Gasteiger partial charge in [-0.1, -0.05) is 81.4 Å². The van der Waals surface area contributed by atoms with Crippen LogP contribution in [0.2, 0.25) is 0 Å². The minimum Gasteiger partial charge on any atom is -0.399 e. The first-order chi connectivity index (χ1) is 11.9. The molecule has 0 aromatic heterocycles. The number of rotatable bonds is 2. The lowest BCUT2D eigenvalue weighted by molar-refractivity contribution is 0.426. The highest BCUT2D eigenvalue weighted by molar-refractivity contribution is 5.73. The standard InChI is InChI=1S/C24H25N/c1-23(2)16-24(3,21-12-8-7-11-20(21)23)22-15-18(25)13-14-19(22)17-9-5-4-6-10-17/h4-15H,16,25H2,1-3H3. The van der Waals surface area contributed by atoms with Crippen molar-refractivity contribution in [3.8, 4) is 11.1 Å². The van der Waals surface area contributed by atoms with Crippen molar-refractivity contribution in [1.82, 2.24) is 0 Å². The quantitative estimate of drug-likeness (QED) is 0.581. The van der Waals surface area contributed by atoms with Crippen LogP contribution in [0.4, 0.5) is 5.69 Å². The van der Waals surface area contributed by atoms with E-state index in [0.29, 0.717) is 0 Å². The first kappa shape index (κ1) is 16.0. The Bertz CT molecular complexity index is 924. The van der Waals surface area contributed by atoms with Crippen molar-refractivity contribution >= 4 is 5.69 Å². The van der Waals surface area contributed by atoms with Gasteiger partial charge in [-0.25, -0.2) is 0 Å². The van der Waals surface area contributed by atoms with Crippen molar-refractivity contribution in [1.29, 1.82) is 0 Å². The Labute approximate surface area is 150 Å². The van der Waals surface area contributed by atoms with E-state index in [1.807, 2.05) is 6.07 Å². The molecular formula is C24H25N. The van der Waals surface area contributed by atoms with Crippen LogP contribution in [-0.4, -0.2) is 0 Å². The Balaban J connectivity index is 1.98. The number of hydrogen-bond donors (Lipinski definition) is 1. The molecule has 1 nitrogen and oxygen atoms in total. The fourth-order valence-electron chi connectivity index (χ4n) is 4.76. The highest BCUT2D eigenvalue weighted by Gasteiger charge is 2.46. The number of benzene rings is 3. The average molecular weight is 327 g/mol. The molecule has 0 fully saturated rings. The molecule has 0 saturated carbocycles. The topological polar surface area (TPSA) is 26.0 Å². The highest BCUT2D eigenvalue weighted by Crippen LogP contribution is 2.54. The molecule has 1 aliphatic carbocycles. The second-order valence-electron chi connectivity index (χ2n) is 8.11. The minimum absolute atomic E-state index is 0.0410. The van der Waals surface area contributed by atoms with Gasteiger partial charge < -0.3 is 5.73 Å². The van der Waals surface area contributed by atoms with E-state index in [0.717, 1.165) is 12.1 Å². The van der Waals surface area contributed by atoms with Crippen LogP contribution in [0.3, 0.4) is 0 Å². The normalized spacial score (nSPS) is 21.1. The molecule has 0 amide bonds. The van der Waals surface area contributed by atoms with Crippen LogP contribution in [0.5, 0.6) is 0 Å². The zero-order valence-electron chi connectivity index (χ0n) is 15.2. The second-order valence-corrected chi connectivity index (χ2v) is 8.11. The number of nitrogen functional groups attached to an aromatic ring is 1. The summed E-state index contributed by atoms with van der Waals surface area (Å²) in [5.41, 5.74) is 13.9. The highest BCUT2D eigenvalue weighted by atomic mass is 14.6. The summed E-state index contributed by atoms with van der Waals surface area (Å²) >= 11 is 0. The van der Waals surface area contributed by atoms with E-state index in [2.05, 4.69) is 87.5 Å². The van der Waals surface area contributed by atoms with Crippen LogP contribution in [0.25, 0.3) is 11.1 Å². The maximum absolute atomic E-state index is 6.22. The molecule has 0 radical (unpaired) electrons. The van der Waals surface area contributed by atoms with Crippen molar-refractivity contribution in [2.24, 2.45) is 0 Å². The lowest BCUT2D eigenvalue weighted by atomic mass is 9.72. The molecule has 126 valence electrons. The van der Waals surface area contributed by atoms with Crippen LogP contribution >= 0.6 is 0 Å². The van der Waals surface area contributed by atoms with Crippen LogP contribution in [0.15, 0.2) is 72.8 Å². The molecule has 3 aromatic carbocycles. The van der Waals surface area contributed by atoms with Crippen molar-refractivity contribution < 1.29 is 0 Å². The molecule has 0 spiro atoms. The van der Waals surface area contributed by atoms with E-state index in [1.54, 1.807) is 0 Å². The minimum atomic E-state index is -0.0410. The Morgan fingerprint density at radius 3 is 2.08 bits per heavy atom. The van der Waals surface area contributed by atoms with Gasteiger partial charge in [-0.05, 0) is 51.8 Å². The lowest BCUT2D eigenvalue weighted by Crippen LogP contribution is -2.24. The summed E-state index contributed by atoms with van der Waals surface area (Å²) in [5, 5.41) is 0. The zero-order chi connectivity index (χ0) is 17.7. The molecule has 3 aromatic rings. The molecule has 4 rings (SSSR count). The van der Waals surface area contributed by atoms with Gasteiger partial charge in [0, 0.05) is 11.1 Å². The molecule has 1 unspecified atom stereocenters. The van der Waals surface area contributed by atoms with Gasteiger partial charge in [0.05, 0.1) is 0 Å². The Morgan fingerprint density at radius 2 is 1.36 bits per heavy atom. The molecule has 1 heteroatoms. The van der Waals surface area contributed by atoms with Crippen LogP contribution in [-0.2, 0) is 10.8 Å². The molecule has 0 aliphatic heterocycles. The van der Waals surface area contributed by atoms with E-state index in [-0.39, 0.29) is 10.8 Å². The summed E-state index contributed by atoms with van der Waals surface area (Å²) in [6.07, 6.45) is 1.09. The molecule has 2 N–H and O–H groups in total. The summed E-state index contributed by atoms with van der Waals surface area (Å²) < 4.78 is 0. The monoisotopic (exact) mass is 327 g/mol. The Kier molecular flexibility index (Phi) is 3.50. The van der Waals surface area contributed by atoms with E-state index in [4.69, 9.17) is 5.73 Å². The first-order valence-electron chi connectivity index (χ1n) is 8.97. The zero-order valence-corrected chi connectivity index (χ0v) is 15.2. The fourth-order valence-corrected chi connectivity index (χ4v) is 4.76. The Morgan fingerprint density at radius 1 is 0.720 bits per heavy atom. The van der Waals surface area contributed by atoms with E-state index in [1.165, 1.54) is 27.8 Å². The van der Waals surface area contributed by atoms with Gasteiger partial charge in [0.1, 0.15) is 0 Å². The molecular weight excluding hydrogens is 302 g/mol. The van der Waals surface area contributed by atoms with Crippen molar-refractivity contribution in [2.45, 2.75) is 38.0 Å². The third-order valence-electron chi connectivity index (χ3n) is 5.77. The van der Waals surface area contributed by atoms with Crippen molar-refractivity contribution in [3.63, 3.8) is 0 Å². The molecule has 0 heterocycles. The van der Waals surface area contributed by atoms with Crippen molar-refractivity contribution in [3.05, 3.63) is 89.5 Å². The van der Waals surface area contributed by atoms with Crippen molar-refractivity contribution in [2.75, 3.05) is 5.73 Å². The lowest BCUT2D eigenvalue weighted by Gasteiger charge is -2.31. The van der Waals surface area contributed by atoms with Crippen LogP contribution < -0.4 is 5.73 Å². The van der Waals surface area contributed by atoms with E-state index < -0.39 is 0 Å². The van der Waals surface area contributed by atoms with E-state index in [9.17, 15) is 0 Å². The van der Waals surface area contributed by atoms with Gasteiger partial charge in [-0.2, -0.15) is 0 Å². The molecule has 25 heavy (non-hydrogen) atoms. The summed E-state index contributed by atoms with van der Waals surface area (Å²) in [4.78, 5) is 0. The van der Waals surface area contributed by atoms with E-state index >= 15 is 0 Å². The van der Waals surface area contributed by atoms with Gasteiger partial charge in [0.15, 0.2) is 0 Å². The van der Waals surface area contributed by atoms with Crippen LogP contribution in [0.1, 0.15) is 43.9 Å². The molecule has 1 atom stereocenters. The third kappa shape index (κ3) is 2.46. The SMILES string of the molecule is CC1(C)CC(C)(c2cc(N)ccc2-c2ccccc2)c2ccccc21. The number of anilines is 1. The maximum Gasteiger partial charge on any atom is 0.0317 e. The number of nitrogens with two attached hydrogens (primary N) is 1. The maximum atomic E-state index is 6.22. The van der Waals surface area contributed by atoms with Gasteiger partial charge in [-0.3, -0.25) is 0 Å². The molecule has 0 saturated heterocycles. The Hall–Kier alpha value is -2.54.